The number of ketones is 1. The van der Waals surface area contributed by atoms with Crippen LogP contribution in [0.1, 0.15) is 44.9 Å². The van der Waals surface area contributed by atoms with Crippen LogP contribution in [0, 0.1) is 20.8 Å². The van der Waals surface area contributed by atoms with Crippen molar-refractivity contribution in [3.8, 4) is 0 Å². The number of amides is 1. The molecule has 0 aromatic carbocycles. The Labute approximate surface area is 197 Å². The number of furan rings is 1. The first-order valence-corrected chi connectivity index (χ1v) is 11.2. The highest BCUT2D eigenvalue weighted by molar-refractivity contribution is 6.46. The third-order valence-electron chi connectivity index (χ3n) is 6.40. The molecule has 10 nitrogen and oxygen atoms in total. The van der Waals surface area contributed by atoms with Crippen LogP contribution in [0.25, 0.3) is 5.76 Å². The zero-order valence-electron chi connectivity index (χ0n) is 19.8. The Hall–Kier alpha value is -3.37. The van der Waals surface area contributed by atoms with Gasteiger partial charge in [-0.1, -0.05) is 0 Å². The van der Waals surface area contributed by atoms with Crippen LogP contribution in [0.15, 0.2) is 22.1 Å². The number of hydrogen-bond acceptors (Lipinski definition) is 8. The number of aromatic amines is 1. The van der Waals surface area contributed by atoms with E-state index in [2.05, 4.69) is 9.88 Å². The number of carbonyl (C=O) groups excluding carboxylic acids is 3. The summed E-state index contributed by atoms with van der Waals surface area (Å²) in [6.07, 6.45) is 0. The second-order valence-electron chi connectivity index (χ2n) is 8.51. The van der Waals surface area contributed by atoms with E-state index in [0.29, 0.717) is 48.1 Å². The van der Waals surface area contributed by atoms with Gasteiger partial charge in [0, 0.05) is 37.4 Å². The zero-order chi connectivity index (χ0) is 24.6. The standard InChI is InChI=1S/C24H29N3O7/c1-13-5-6-16(34-13)20-18(21(28)17-14(2)19(24(31)32-4)25-15(17)3)22(29)23(30)27(20)8-7-26-9-11-33-12-10-26/h5-6,20,25,28H,7-12H2,1-4H3/b21-18-. The SMILES string of the molecule is COC(=O)c1[nH]c(C)c(/C(O)=C2/C(=O)C(=O)N(CCN3CCOCC3)C2c2ccc(C)o2)c1C. The highest BCUT2D eigenvalue weighted by atomic mass is 16.5. The lowest BCUT2D eigenvalue weighted by Crippen LogP contribution is -2.42. The molecule has 0 spiro atoms. The summed E-state index contributed by atoms with van der Waals surface area (Å²) in [7, 11) is 1.26. The molecule has 10 heteroatoms. The molecule has 34 heavy (non-hydrogen) atoms. The van der Waals surface area contributed by atoms with Crippen molar-refractivity contribution in [1.29, 1.82) is 0 Å². The molecule has 2 aromatic rings. The number of carbonyl (C=O) groups is 3. The van der Waals surface area contributed by atoms with Crippen LogP contribution in [0.3, 0.4) is 0 Å². The first-order valence-electron chi connectivity index (χ1n) is 11.2. The van der Waals surface area contributed by atoms with Crippen molar-refractivity contribution in [3.05, 3.63) is 51.7 Å². The van der Waals surface area contributed by atoms with Gasteiger partial charge in [-0.2, -0.15) is 0 Å². The number of methoxy groups -OCH3 is 1. The number of likely N-dealkylation sites (tertiary alicyclic amines) is 1. The average molecular weight is 472 g/mol. The molecule has 1 atom stereocenters. The highest BCUT2D eigenvalue weighted by Gasteiger charge is 2.48. The van der Waals surface area contributed by atoms with Crippen LogP contribution in [0.4, 0.5) is 0 Å². The molecular weight excluding hydrogens is 442 g/mol. The Morgan fingerprint density at radius 2 is 1.88 bits per heavy atom. The van der Waals surface area contributed by atoms with Crippen LogP contribution in [-0.2, 0) is 19.1 Å². The summed E-state index contributed by atoms with van der Waals surface area (Å²) < 4.78 is 16.0. The Kier molecular flexibility index (Phi) is 6.63. The molecule has 182 valence electrons. The molecule has 4 rings (SSSR count). The molecule has 4 heterocycles. The van der Waals surface area contributed by atoms with E-state index in [9.17, 15) is 19.5 Å². The number of morpholine rings is 1. The third-order valence-corrected chi connectivity index (χ3v) is 6.40. The van der Waals surface area contributed by atoms with Crippen LogP contribution < -0.4 is 0 Å². The van der Waals surface area contributed by atoms with Crippen molar-refractivity contribution in [2.24, 2.45) is 0 Å². The van der Waals surface area contributed by atoms with Gasteiger partial charge < -0.3 is 28.9 Å². The summed E-state index contributed by atoms with van der Waals surface area (Å²) in [6, 6.07) is 2.57. The summed E-state index contributed by atoms with van der Waals surface area (Å²) in [5, 5.41) is 11.4. The van der Waals surface area contributed by atoms with Crippen molar-refractivity contribution < 1.29 is 33.4 Å². The van der Waals surface area contributed by atoms with E-state index < -0.39 is 23.7 Å². The van der Waals surface area contributed by atoms with Gasteiger partial charge in [0.25, 0.3) is 11.7 Å². The first kappa shape index (κ1) is 23.8. The molecule has 2 aliphatic rings. The second kappa shape index (κ2) is 9.47. The number of esters is 1. The van der Waals surface area contributed by atoms with Gasteiger partial charge in [-0.25, -0.2) is 4.79 Å². The van der Waals surface area contributed by atoms with E-state index in [4.69, 9.17) is 13.9 Å². The largest absolute Gasteiger partial charge is 0.507 e. The number of H-pyrrole nitrogens is 1. The van der Waals surface area contributed by atoms with Gasteiger partial charge in [0.15, 0.2) is 0 Å². The average Bonchev–Trinajstić information content (AvgIpc) is 3.46. The van der Waals surface area contributed by atoms with Gasteiger partial charge in [-0.05, 0) is 38.5 Å². The monoisotopic (exact) mass is 471 g/mol. The lowest BCUT2D eigenvalue weighted by atomic mass is 9.97. The molecule has 1 unspecified atom stereocenters. The van der Waals surface area contributed by atoms with Crippen LogP contribution in [0.5, 0.6) is 0 Å². The fourth-order valence-corrected chi connectivity index (χ4v) is 4.63. The number of nitrogens with one attached hydrogen (secondary N) is 1. The van der Waals surface area contributed by atoms with E-state index in [1.807, 2.05) is 0 Å². The lowest BCUT2D eigenvalue weighted by Gasteiger charge is -2.30. The van der Waals surface area contributed by atoms with E-state index in [-0.39, 0.29) is 23.6 Å². The predicted octanol–water partition coefficient (Wildman–Crippen LogP) is 2.07. The summed E-state index contributed by atoms with van der Waals surface area (Å²) in [5.74, 6) is -1.43. The minimum atomic E-state index is -0.884. The smallest absolute Gasteiger partial charge is 0.354 e. The number of rotatable bonds is 6. The van der Waals surface area contributed by atoms with Gasteiger partial charge >= 0.3 is 5.97 Å². The Morgan fingerprint density at radius 1 is 1.18 bits per heavy atom. The molecule has 1 amide bonds. The number of Topliss-reactive ketones (excluding diaryl/α,β-unsaturated/α-hetero) is 1. The van der Waals surface area contributed by atoms with E-state index in [0.717, 1.165) is 13.1 Å². The van der Waals surface area contributed by atoms with E-state index in [1.165, 1.54) is 12.0 Å². The molecule has 0 saturated carbocycles. The maximum atomic E-state index is 13.2. The molecular formula is C24H29N3O7. The number of hydrogen-bond donors (Lipinski definition) is 2. The fourth-order valence-electron chi connectivity index (χ4n) is 4.63. The number of nitrogens with zero attached hydrogens (tertiary/aromatic N) is 2. The molecule has 2 aliphatic heterocycles. The predicted molar refractivity (Wildman–Crippen MR) is 121 cm³/mol. The Morgan fingerprint density at radius 3 is 2.50 bits per heavy atom. The highest BCUT2D eigenvalue weighted by Crippen LogP contribution is 2.41. The number of ether oxygens (including phenoxy) is 2. The third kappa shape index (κ3) is 4.14. The number of aliphatic hydroxyl groups excluding tert-OH is 1. The van der Waals surface area contributed by atoms with Gasteiger partial charge in [0.05, 0.1) is 25.9 Å². The molecule has 0 aliphatic carbocycles. The quantitative estimate of drug-likeness (QED) is 0.284. The summed E-state index contributed by atoms with van der Waals surface area (Å²) in [4.78, 5) is 45.0. The molecule has 2 saturated heterocycles. The number of aryl methyl sites for hydroxylation is 2. The maximum absolute atomic E-state index is 13.2. The molecule has 2 aromatic heterocycles. The second-order valence-corrected chi connectivity index (χ2v) is 8.51. The summed E-state index contributed by atoms with van der Waals surface area (Å²) in [5.41, 5.74) is 1.30. The van der Waals surface area contributed by atoms with Gasteiger partial charge in [-0.15, -0.1) is 0 Å². The Bertz CT molecular complexity index is 1150. The van der Waals surface area contributed by atoms with Crippen LogP contribution in [0.2, 0.25) is 0 Å². The van der Waals surface area contributed by atoms with E-state index >= 15 is 0 Å². The van der Waals surface area contributed by atoms with Crippen molar-refractivity contribution in [1.82, 2.24) is 14.8 Å². The lowest BCUT2D eigenvalue weighted by molar-refractivity contribution is -0.140. The van der Waals surface area contributed by atoms with Crippen LogP contribution >= 0.6 is 0 Å². The number of aromatic nitrogens is 1. The minimum Gasteiger partial charge on any atom is -0.507 e. The van der Waals surface area contributed by atoms with Crippen molar-refractivity contribution in [3.63, 3.8) is 0 Å². The van der Waals surface area contributed by atoms with Crippen molar-refractivity contribution in [2.75, 3.05) is 46.5 Å². The molecule has 0 radical (unpaired) electrons. The summed E-state index contributed by atoms with van der Waals surface area (Å²) in [6.45, 7) is 8.65. The van der Waals surface area contributed by atoms with Gasteiger partial charge in [0.2, 0.25) is 0 Å². The molecule has 0 bridgehead atoms. The first-order chi connectivity index (χ1) is 16.2. The maximum Gasteiger partial charge on any atom is 0.354 e. The fraction of sp³-hybridized carbons (Fsp3) is 0.458. The minimum absolute atomic E-state index is 0.0667. The zero-order valence-corrected chi connectivity index (χ0v) is 19.8. The van der Waals surface area contributed by atoms with Crippen molar-refractivity contribution >= 4 is 23.4 Å². The van der Waals surface area contributed by atoms with Crippen molar-refractivity contribution in [2.45, 2.75) is 26.8 Å². The van der Waals surface area contributed by atoms with E-state index in [1.54, 1.807) is 32.9 Å². The molecule has 2 N–H and O–H groups in total. The van der Waals surface area contributed by atoms with Crippen LogP contribution in [-0.4, -0.2) is 84.1 Å². The van der Waals surface area contributed by atoms with Gasteiger partial charge in [0.1, 0.15) is 29.0 Å². The summed E-state index contributed by atoms with van der Waals surface area (Å²) >= 11 is 0. The normalized spacial score (nSPS) is 20.8. The topological polar surface area (TPSA) is 125 Å². The van der Waals surface area contributed by atoms with Gasteiger partial charge in [-0.3, -0.25) is 14.5 Å². The Balaban J connectivity index is 1.78. The number of aliphatic hydroxyl groups is 1. The molecule has 2 fully saturated rings.